The third-order valence-corrected chi connectivity index (χ3v) is 11.0. The van der Waals surface area contributed by atoms with Crippen LogP contribution in [-0.4, -0.2) is 6.79 Å². The van der Waals surface area contributed by atoms with E-state index in [0.29, 0.717) is 0 Å². The van der Waals surface area contributed by atoms with Crippen molar-refractivity contribution in [1.82, 2.24) is 0 Å². The molecule has 0 aliphatic heterocycles. The number of halogens is 1. The van der Waals surface area contributed by atoms with Gasteiger partial charge in [-0.05, 0) is 47.7 Å². The Morgan fingerprint density at radius 2 is 0.405 bits per heavy atom. The molecule has 1 nitrogen and oxygen atoms in total. The third-order valence-electron chi connectivity index (χ3n) is 6.09. The van der Waals surface area contributed by atoms with E-state index >= 15 is 0 Å². The average molecular weight is 690 g/mol. The molecule has 42 heavy (non-hydrogen) atoms. The molecule has 210 valence electrons. The van der Waals surface area contributed by atoms with Crippen LogP contribution in [0.5, 0.6) is 0 Å². The van der Waals surface area contributed by atoms with E-state index in [0.717, 1.165) is 0 Å². The Balaban J connectivity index is 0.000000265. The van der Waals surface area contributed by atoms with Gasteiger partial charge in [0, 0.05) is 19.5 Å². The summed E-state index contributed by atoms with van der Waals surface area (Å²) in [7, 11) is -0.892. The summed E-state index contributed by atoms with van der Waals surface area (Å²) >= 11 is 0. The van der Waals surface area contributed by atoms with Crippen molar-refractivity contribution in [3.63, 3.8) is 0 Å². The Labute approximate surface area is 271 Å². The maximum absolute atomic E-state index is 7.50. The summed E-state index contributed by atoms with van der Waals surface area (Å²) in [6.07, 6.45) is 0. The molecule has 0 aromatic heterocycles. The molecule has 0 aliphatic rings. The van der Waals surface area contributed by atoms with Gasteiger partial charge in [-0.2, -0.15) is 0 Å². The van der Waals surface area contributed by atoms with Gasteiger partial charge in [-0.3, -0.25) is 4.79 Å². The molecule has 0 N–H and O–H groups in total. The third kappa shape index (κ3) is 9.94. The normalized spacial score (nSPS) is 9.67. The van der Waals surface area contributed by atoms with Gasteiger partial charge in [-0.1, -0.05) is 182 Å². The van der Waals surface area contributed by atoms with Crippen LogP contribution in [0.2, 0.25) is 0 Å². The molecule has 5 heteroatoms. The predicted molar refractivity (Wildman–Crippen MR) is 183 cm³/mol. The number of benzene rings is 6. The molecule has 6 rings (SSSR count). The molecule has 0 atom stereocenters. The second-order valence-corrected chi connectivity index (χ2v) is 13.1. The second kappa shape index (κ2) is 19.8. The molecule has 0 fully saturated rings. The van der Waals surface area contributed by atoms with Crippen LogP contribution in [0.3, 0.4) is 0 Å². The fourth-order valence-corrected chi connectivity index (χ4v) is 8.97. The summed E-state index contributed by atoms with van der Waals surface area (Å²) in [5, 5.41) is 8.39. The van der Waals surface area contributed by atoms with Crippen molar-refractivity contribution >= 4 is 66.9 Å². The molecular formula is C37H31ClOP2Ru. The number of rotatable bonds is 6. The van der Waals surface area contributed by atoms with Crippen LogP contribution >= 0.6 is 28.3 Å². The van der Waals surface area contributed by atoms with Crippen molar-refractivity contribution in [2.75, 3.05) is 0 Å². The van der Waals surface area contributed by atoms with Gasteiger partial charge in [0.05, 0.1) is 0 Å². The van der Waals surface area contributed by atoms with Gasteiger partial charge >= 0.3 is 0 Å². The monoisotopic (exact) mass is 690 g/mol. The molecule has 6 aromatic rings. The van der Waals surface area contributed by atoms with Gasteiger partial charge in [0.1, 0.15) is 0 Å². The Morgan fingerprint density at radius 3 is 0.524 bits per heavy atom. The van der Waals surface area contributed by atoms with Crippen molar-refractivity contribution < 1.29 is 24.3 Å². The van der Waals surface area contributed by atoms with Gasteiger partial charge in [0.15, 0.2) is 0 Å². The first-order chi connectivity index (χ1) is 19.9. The fourth-order valence-electron chi connectivity index (χ4n) is 4.36. The molecule has 6 aromatic carbocycles. The molecule has 2 radical (unpaired) electrons. The molecular weight excluding hydrogens is 659 g/mol. The zero-order chi connectivity index (χ0) is 27.8. The van der Waals surface area contributed by atoms with Crippen molar-refractivity contribution in [3.8, 4) is 0 Å². The van der Waals surface area contributed by atoms with Gasteiger partial charge in [-0.25, -0.2) is 0 Å². The second-order valence-electron chi connectivity index (χ2n) is 8.68. The minimum absolute atomic E-state index is 0. The first kappa shape index (κ1) is 35.0. The van der Waals surface area contributed by atoms with Gasteiger partial charge in [0.25, 0.3) is 6.79 Å². The summed E-state index contributed by atoms with van der Waals surface area (Å²) in [6.45, 7) is 4.50. The number of hydrogen-bond acceptors (Lipinski definition) is 1. The quantitative estimate of drug-likeness (QED) is 0.137. The Hall–Kier alpha value is -3.24. The zero-order valence-corrected chi connectivity index (χ0v) is 27.2. The molecule has 0 amide bonds. The van der Waals surface area contributed by atoms with E-state index in [-0.39, 0.29) is 31.9 Å². The molecule has 0 unspecified atom stereocenters. The SMILES string of the molecule is Cl.[C]=O.[Ru].c1ccc(P(c2ccccc2)c2ccccc2)cc1.c1ccc(P(c2ccccc2)c2ccccc2)cc1. The van der Waals surface area contributed by atoms with Crippen LogP contribution in [0.25, 0.3) is 0 Å². The first-order valence-electron chi connectivity index (χ1n) is 13.0. The topological polar surface area (TPSA) is 17.1 Å². The van der Waals surface area contributed by atoms with E-state index in [1.165, 1.54) is 31.8 Å². The van der Waals surface area contributed by atoms with Crippen LogP contribution in [0.4, 0.5) is 0 Å². The van der Waals surface area contributed by atoms with Gasteiger partial charge < -0.3 is 0 Å². The molecule has 0 saturated heterocycles. The summed E-state index contributed by atoms with van der Waals surface area (Å²) in [4.78, 5) is 7.50. The number of carbonyl (C=O) groups excluding carboxylic acids is 1. The largest absolute Gasteiger partial charge is 0.281 e. The zero-order valence-electron chi connectivity index (χ0n) is 22.9. The number of hydrogen-bond donors (Lipinski definition) is 0. The summed E-state index contributed by atoms with van der Waals surface area (Å²) in [6, 6.07) is 64.7. The fraction of sp³-hybridized carbons (Fsp3) is 0. The Morgan fingerprint density at radius 1 is 0.286 bits per heavy atom. The van der Waals surface area contributed by atoms with Crippen molar-refractivity contribution in [2.24, 2.45) is 0 Å². The van der Waals surface area contributed by atoms with E-state index in [2.05, 4.69) is 189 Å². The van der Waals surface area contributed by atoms with E-state index in [4.69, 9.17) is 4.79 Å². The van der Waals surface area contributed by atoms with Crippen LogP contribution in [-0.2, 0) is 24.3 Å². The predicted octanol–water partition coefficient (Wildman–Crippen LogP) is 6.91. The average Bonchev–Trinajstić information content (AvgIpc) is 3.06. The molecule has 0 bridgehead atoms. The smallest absolute Gasteiger partial charge is 0.281 e. The summed E-state index contributed by atoms with van der Waals surface area (Å²) in [5.41, 5.74) is 0. The van der Waals surface area contributed by atoms with Crippen molar-refractivity contribution in [2.45, 2.75) is 0 Å². The minimum Gasteiger partial charge on any atom is -0.281 e. The van der Waals surface area contributed by atoms with E-state index in [9.17, 15) is 0 Å². The van der Waals surface area contributed by atoms with Crippen LogP contribution < -0.4 is 31.8 Å². The van der Waals surface area contributed by atoms with E-state index < -0.39 is 15.8 Å². The Bertz CT molecular complexity index is 1200. The van der Waals surface area contributed by atoms with Crippen molar-refractivity contribution in [3.05, 3.63) is 182 Å². The summed E-state index contributed by atoms with van der Waals surface area (Å²) < 4.78 is 0. The van der Waals surface area contributed by atoms with Crippen LogP contribution in [0.1, 0.15) is 0 Å². The molecule has 0 saturated carbocycles. The van der Waals surface area contributed by atoms with E-state index in [1.54, 1.807) is 0 Å². The van der Waals surface area contributed by atoms with E-state index in [1.807, 2.05) is 0 Å². The summed E-state index contributed by atoms with van der Waals surface area (Å²) in [5.74, 6) is 0. The first-order valence-corrected chi connectivity index (χ1v) is 15.7. The van der Waals surface area contributed by atoms with Crippen LogP contribution in [0.15, 0.2) is 182 Å². The van der Waals surface area contributed by atoms with Crippen molar-refractivity contribution in [1.29, 1.82) is 0 Å². The van der Waals surface area contributed by atoms with Crippen LogP contribution in [0, 0.1) is 0 Å². The standard InChI is InChI=1S/2C18H15P.CO.ClH.Ru/c2*1-4-10-16(11-5-1)19(17-12-6-2-7-13-17)18-14-8-3-9-15-18;1-2;;/h2*1-15H;;1H;. The van der Waals surface area contributed by atoms with Gasteiger partial charge in [0.2, 0.25) is 0 Å². The molecule has 0 aliphatic carbocycles. The molecule has 0 spiro atoms. The molecule has 0 heterocycles. The Kier molecular flexibility index (Phi) is 16.5. The minimum atomic E-state index is -0.446. The maximum Gasteiger partial charge on any atom is 0.281 e. The van der Waals surface area contributed by atoms with Gasteiger partial charge in [-0.15, -0.1) is 12.4 Å². The maximum atomic E-state index is 7.50.